The molecule has 2 aromatic rings. The second-order valence-corrected chi connectivity index (χ2v) is 11.9. The van der Waals surface area contributed by atoms with Gasteiger partial charge in [-0.2, -0.15) is 0 Å². The van der Waals surface area contributed by atoms with E-state index < -0.39 is 16.1 Å². The molecule has 0 heterocycles. The maximum Gasteiger partial charge on any atom is 0.242 e. The van der Waals surface area contributed by atoms with Gasteiger partial charge in [0.1, 0.15) is 6.04 Å². The summed E-state index contributed by atoms with van der Waals surface area (Å²) in [6.07, 6.45) is 2.72. The highest BCUT2D eigenvalue weighted by atomic mass is 35.5. The van der Waals surface area contributed by atoms with Crippen LogP contribution in [0.4, 0.5) is 5.69 Å². The van der Waals surface area contributed by atoms with Crippen molar-refractivity contribution in [3.8, 4) is 0 Å². The lowest BCUT2D eigenvalue weighted by molar-refractivity contribution is -0.141. The van der Waals surface area contributed by atoms with Gasteiger partial charge in [0, 0.05) is 36.1 Å². The van der Waals surface area contributed by atoms with Crippen molar-refractivity contribution in [1.29, 1.82) is 0 Å². The minimum absolute atomic E-state index is 0.0691. The number of sulfonamides is 1. The molecule has 2 rings (SSSR count). The lowest BCUT2D eigenvalue weighted by Gasteiger charge is -2.31. The number of nitrogens with one attached hydrogen (secondary N) is 1. The fraction of sp³-hybridized carbons (Fsp3) is 0.481. The van der Waals surface area contributed by atoms with Crippen LogP contribution in [0.1, 0.15) is 56.2 Å². The van der Waals surface area contributed by atoms with Crippen molar-refractivity contribution in [2.24, 2.45) is 0 Å². The van der Waals surface area contributed by atoms with Crippen LogP contribution in [0.15, 0.2) is 36.4 Å². The number of nitrogens with zero attached hydrogens (tertiary/aromatic N) is 2. The highest BCUT2D eigenvalue weighted by Crippen LogP contribution is 2.27. The zero-order chi connectivity index (χ0) is 27.8. The first kappa shape index (κ1) is 30.9. The van der Waals surface area contributed by atoms with E-state index in [2.05, 4.69) is 5.32 Å². The molecule has 2 aromatic carbocycles. The first-order valence-corrected chi connectivity index (χ1v) is 15.1. The van der Waals surface area contributed by atoms with Crippen LogP contribution in [0.2, 0.25) is 10.0 Å². The van der Waals surface area contributed by atoms with Gasteiger partial charge in [-0.3, -0.25) is 13.9 Å². The zero-order valence-corrected chi connectivity index (χ0v) is 24.5. The number of carbonyl (C=O) groups is 2. The third kappa shape index (κ3) is 8.62. The number of rotatable bonds is 13. The molecule has 0 aliphatic rings. The third-order valence-corrected chi connectivity index (χ3v) is 8.05. The number of hydrogen-bond donors (Lipinski definition) is 1. The second-order valence-electron chi connectivity index (χ2n) is 9.13. The van der Waals surface area contributed by atoms with Gasteiger partial charge in [0.2, 0.25) is 21.8 Å². The Morgan fingerprint density at radius 1 is 1.08 bits per heavy atom. The minimum atomic E-state index is -3.56. The molecule has 1 atom stereocenters. The van der Waals surface area contributed by atoms with E-state index in [4.69, 9.17) is 23.2 Å². The summed E-state index contributed by atoms with van der Waals surface area (Å²) in [7, 11) is -3.56. The molecule has 0 aliphatic heterocycles. The topological polar surface area (TPSA) is 86.8 Å². The van der Waals surface area contributed by atoms with Crippen molar-refractivity contribution in [1.82, 2.24) is 10.2 Å². The van der Waals surface area contributed by atoms with Crippen molar-refractivity contribution in [2.75, 3.05) is 23.7 Å². The molecule has 0 spiro atoms. The Hall–Kier alpha value is -2.29. The van der Waals surface area contributed by atoms with Crippen LogP contribution >= 0.6 is 23.2 Å². The Labute approximate surface area is 231 Å². The highest BCUT2D eigenvalue weighted by molar-refractivity contribution is 7.92. The first-order valence-electron chi connectivity index (χ1n) is 12.5. The van der Waals surface area contributed by atoms with Crippen molar-refractivity contribution < 1.29 is 18.0 Å². The van der Waals surface area contributed by atoms with Gasteiger partial charge in [0.05, 0.1) is 11.9 Å². The summed E-state index contributed by atoms with van der Waals surface area (Å²) in [6.45, 7) is 8.41. The molecule has 1 N–H and O–H groups in total. The largest absolute Gasteiger partial charge is 0.354 e. The third-order valence-electron chi connectivity index (χ3n) is 6.29. The maximum absolute atomic E-state index is 13.5. The first-order chi connectivity index (χ1) is 17.4. The monoisotopic (exact) mass is 569 g/mol. The van der Waals surface area contributed by atoms with Gasteiger partial charge in [-0.1, -0.05) is 55.2 Å². The van der Waals surface area contributed by atoms with Crippen LogP contribution in [0, 0.1) is 13.8 Å². The number of aryl methyl sites for hydroxylation is 1. The molecule has 0 aliphatic carbocycles. The van der Waals surface area contributed by atoms with Gasteiger partial charge in [0.15, 0.2) is 0 Å². The van der Waals surface area contributed by atoms with Gasteiger partial charge in [-0.15, -0.1) is 0 Å². The summed E-state index contributed by atoms with van der Waals surface area (Å²) in [4.78, 5) is 28.0. The molecular formula is C27H37Cl2N3O4S. The summed E-state index contributed by atoms with van der Waals surface area (Å²) in [5.74, 6) is -0.477. The smallest absolute Gasteiger partial charge is 0.242 e. The molecule has 0 saturated heterocycles. The maximum atomic E-state index is 13.5. The molecule has 10 heteroatoms. The predicted octanol–water partition coefficient (Wildman–Crippen LogP) is 5.49. The number of amides is 2. The van der Waals surface area contributed by atoms with E-state index in [1.54, 1.807) is 24.3 Å². The fourth-order valence-corrected chi connectivity index (χ4v) is 5.59. The molecule has 2 amide bonds. The molecule has 204 valence electrons. The van der Waals surface area contributed by atoms with E-state index >= 15 is 0 Å². The number of carbonyl (C=O) groups excluding carboxylic acids is 2. The second kappa shape index (κ2) is 14.0. The molecule has 0 radical (unpaired) electrons. The van der Waals surface area contributed by atoms with E-state index in [1.807, 2.05) is 39.8 Å². The summed E-state index contributed by atoms with van der Waals surface area (Å²) in [5, 5.41) is 3.77. The van der Waals surface area contributed by atoms with Crippen LogP contribution in [0.3, 0.4) is 0 Å². The van der Waals surface area contributed by atoms with Gasteiger partial charge >= 0.3 is 0 Å². The summed E-state index contributed by atoms with van der Waals surface area (Å²) in [5.41, 5.74) is 3.13. The molecule has 37 heavy (non-hydrogen) atoms. The number of anilines is 1. The molecular weight excluding hydrogens is 533 g/mol. The minimum Gasteiger partial charge on any atom is -0.354 e. The average molecular weight is 571 g/mol. The Morgan fingerprint density at radius 2 is 1.78 bits per heavy atom. The molecule has 0 fully saturated rings. The SMILES string of the molecule is CCCNC(=O)C(CC)N(Cc1ccc(Cl)cc1Cl)C(=O)CCCN(c1cccc(C)c1C)S(C)(=O)=O. The normalized spacial score (nSPS) is 12.2. The Bertz CT molecular complexity index is 1200. The van der Waals surface area contributed by atoms with Crippen LogP contribution in [-0.4, -0.2) is 50.5 Å². The van der Waals surface area contributed by atoms with E-state index in [1.165, 1.54) is 9.21 Å². The molecule has 7 nitrogen and oxygen atoms in total. The predicted molar refractivity (Wildman–Crippen MR) is 152 cm³/mol. The molecule has 1 unspecified atom stereocenters. The van der Waals surface area contributed by atoms with E-state index in [0.29, 0.717) is 34.3 Å². The van der Waals surface area contributed by atoms with E-state index in [0.717, 1.165) is 23.8 Å². The van der Waals surface area contributed by atoms with Crippen molar-refractivity contribution in [2.45, 2.75) is 66.0 Å². The Kier molecular flexibility index (Phi) is 11.7. The van der Waals surface area contributed by atoms with Gasteiger partial charge < -0.3 is 10.2 Å². The molecule has 0 saturated carbocycles. The van der Waals surface area contributed by atoms with Crippen molar-refractivity contribution >= 4 is 50.7 Å². The lowest BCUT2D eigenvalue weighted by atomic mass is 10.1. The van der Waals surface area contributed by atoms with Crippen LogP contribution in [0.5, 0.6) is 0 Å². The van der Waals surface area contributed by atoms with Gasteiger partial charge in [-0.05, 0) is 68.0 Å². The zero-order valence-electron chi connectivity index (χ0n) is 22.2. The highest BCUT2D eigenvalue weighted by Gasteiger charge is 2.29. The van der Waals surface area contributed by atoms with Crippen LogP contribution in [0.25, 0.3) is 0 Å². The summed E-state index contributed by atoms with van der Waals surface area (Å²) < 4.78 is 26.6. The Morgan fingerprint density at radius 3 is 2.38 bits per heavy atom. The summed E-state index contributed by atoms with van der Waals surface area (Å²) in [6, 6.07) is 9.87. The quantitative estimate of drug-likeness (QED) is 0.345. The van der Waals surface area contributed by atoms with E-state index in [-0.39, 0.29) is 37.7 Å². The number of halogens is 2. The standard InChI is InChI=1S/C27H37Cl2N3O4S/c1-6-15-30-27(34)24(7-2)31(18-21-13-14-22(28)17-23(21)29)26(33)12-9-16-32(37(5,35)36)25-11-8-10-19(3)20(25)4/h8,10-11,13-14,17,24H,6-7,9,12,15-16,18H2,1-5H3,(H,30,34). The fourth-order valence-electron chi connectivity index (χ4n) is 4.11. The average Bonchev–Trinajstić information content (AvgIpc) is 2.82. The van der Waals surface area contributed by atoms with Crippen molar-refractivity contribution in [3.63, 3.8) is 0 Å². The van der Waals surface area contributed by atoms with Gasteiger partial charge in [0.25, 0.3) is 0 Å². The van der Waals surface area contributed by atoms with E-state index in [9.17, 15) is 18.0 Å². The molecule has 0 aromatic heterocycles. The van der Waals surface area contributed by atoms with Gasteiger partial charge in [-0.25, -0.2) is 8.42 Å². The van der Waals surface area contributed by atoms with Crippen molar-refractivity contribution in [3.05, 3.63) is 63.1 Å². The number of benzene rings is 2. The van der Waals surface area contributed by atoms with Crippen LogP contribution < -0.4 is 9.62 Å². The lowest BCUT2D eigenvalue weighted by Crippen LogP contribution is -2.49. The number of hydrogen-bond acceptors (Lipinski definition) is 4. The van der Waals surface area contributed by atoms with Crippen LogP contribution in [-0.2, 0) is 26.2 Å². The Balaban J connectivity index is 2.27. The summed E-state index contributed by atoms with van der Waals surface area (Å²) >= 11 is 12.4. The molecule has 0 bridgehead atoms.